The van der Waals surface area contributed by atoms with Crippen LogP contribution in [0.1, 0.15) is 48.9 Å². The smallest absolute Gasteiger partial charge is 0.244 e. The highest BCUT2D eigenvalue weighted by Crippen LogP contribution is 2.33. The second-order valence-corrected chi connectivity index (χ2v) is 8.15. The Balaban J connectivity index is 1.96. The van der Waals surface area contributed by atoms with Crippen LogP contribution in [0.5, 0.6) is 5.75 Å². The molecule has 2 aromatic rings. The standard InChI is InChI=1S/C20H25NO3S/c1-3-18(15-9-5-4-6-10-15)21-25(22,23)20-14-17-12-8-7-11-16(17)13-19(20)24-2/h4-6,9-10,13-14,18,21H,3,7-8,11-12H2,1-2H3. The van der Waals surface area contributed by atoms with E-state index in [1.807, 2.05) is 43.3 Å². The number of benzene rings is 2. The van der Waals surface area contributed by atoms with Gasteiger partial charge in [0.2, 0.25) is 10.0 Å². The van der Waals surface area contributed by atoms with E-state index in [-0.39, 0.29) is 10.9 Å². The molecule has 134 valence electrons. The van der Waals surface area contributed by atoms with Crippen molar-refractivity contribution < 1.29 is 13.2 Å². The number of sulfonamides is 1. The van der Waals surface area contributed by atoms with Crippen LogP contribution in [-0.4, -0.2) is 15.5 Å². The molecule has 1 aliphatic rings. The van der Waals surface area contributed by atoms with E-state index in [0.717, 1.165) is 36.8 Å². The largest absolute Gasteiger partial charge is 0.495 e. The second kappa shape index (κ2) is 7.58. The minimum absolute atomic E-state index is 0.241. The number of methoxy groups -OCH3 is 1. The van der Waals surface area contributed by atoms with Crippen LogP contribution < -0.4 is 9.46 Å². The van der Waals surface area contributed by atoms with E-state index in [0.29, 0.717) is 12.2 Å². The zero-order valence-corrected chi connectivity index (χ0v) is 15.6. The van der Waals surface area contributed by atoms with Gasteiger partial charge in [0.1, 0.15) is 10.6 Å². The van der Waals surface area contributed by atoms with Gasteiger partial charge in [-0.15, -0.1) is 0 Å². The lowest BCUT2D eigenvalue weighted by atomic mass is 9.92. The van der Waals surface area contributed by atoms with Crippen molar-refractivity contribution in [2.45, 2.75) is 50.0 Å². The molecule has 3 rings (SSSR count). The van der Waals surface area contributed by atoms with Gasteiger partial charge >= 0.3 is 0 Å². The number of hydrogen-bond donors (Lipinski definition) is 1. The van der Waals surface area contributed by atoms with Gasteiger partial charge in [-0.3, -0.25) is 0 Å². The minimum Gasteiger partial charge on any atom is -0.495 e. The van der Waals surface area contributed by atoms with Gasteiger partial charge in [0.25, 0.3) is 0 Å². The summed E-state index contributed by atoms with van der Waals surface area (Å²) >= 11 is 0. The summed E-state index contributed by atoms with van der Waals surface area (Å²) in [7, 11) is -2.15. The Morgan fingerprint density at radius 1 is 1.08 bits per heavy atom. The maximum absolute atomic E-state index is 13.0. The normalized spacial score (nSPS) is 15.4. The van der Waals surface area contributed by atoms with Gasteiger partial charge in [-0.25, -0.2) is 13.1 Å². The van der Waals surface area contributed by atoms with Gasteiger partial charge in [-0.2, -0.15) is 0 Å². The highest BCUT2D eigenvalue weighted by molar-refractivity contribution is 7.89. The van der Waals surface area contributed by atoms with Crippen molar-refractivity contribution in [1.29, 1.82) is 0 Å². The minimum atomic E-state index is -3.67. The number of hydrogen-bond acceptors (Lipinski definition) is 3. The van der Waals surface area contributed by atoms with Crippen LogP contribution >= 0.6 is 0 Å². The molecule has 1 N–H and O–H groups in total. The van der Waals surface area contributed by atoms with Gasteiger partial charge in [-0.05, 0) is 60.9 Å². The fraction of sp³-hybridized carbons (Fsp3) is 0.400. The molecule has 1 unspecified atom stereocenters. The molecule has 4 nitrogen and oxygen atoms in total. The average Bonchev–Trinajstić information content (AvgIpc) is 2.65. The van der Waals surface area contributed by atoms with Crippen molar-refractivity contribution in [2.24, 2.45) is 0 Å². The molecule has 0 amide bonds. The topological polar surface area (TPSA) is 55.4 Å². The first kappa shape index (κ1) is 18.0. The van der Waals surface area contributed by atoms with Gasteiger partial charge in [-0.1, -0.05) is 37.3 Å². The van der Waals surface area contributed by atoms with Crippen molar-refractivity contribution >= 4 is 10.0 Å². The van der Waals surface area contributed by atoms with Gasteiger partial charge in [0.05, 0.1) is 7.11 Å². The van der Waals surface area contributed by atoms with E-state index >= 15 is 0 Å². The summed E-state index contributed by atoms with van der Waals surface area (Å²) < 4.78 is 34.3. The Hall–Kier alpha value is -1.85. The third-order valence-electron chi connectivity index (χ3n) is 4.83. The van der Waals surface area contributed by atoms with Crippen LogP contribution in [0, 0.1) is 0 Å². The highest BCUT2D eigenvalue weighted by Gasteiger charge is 2.26. The third kappa shape index (κ3) is 3.88. The number of rotatable bonds is 6. The predicted molar refractivity (Wildman–Crippen MR) is 99.4 cm³/mol. The molecule has 0 bridgehead atoms. The summed E-state index contributed by atoms with van der Waals surface area (Å²) in [5.74, 6) is 0.427. The van der Waals surface area contributed by atoms with Crippen molar-refractivity contribution in [3.63, 3.8) is 0 Å². The first-order valence-electron chi connectivity index (χ1n) is 8.82. The molecule has 0 saturated heterocycles. The summed E-state index contributed by atoms with van der Waals surface area (Å²) in [6.45, 7) is 1.98. The Kier molecular flexibility index (Phi) is 5.45. The van der Waals surface area contributed by atoms with Crippen molar-refractivity contribution in [3.05, 3.63) is 59.2 Å². The molecule has 2 aromatic carbocycles. The molecule has 0 fully saturated rings. The zero-order chi connectivity index (χ0) is 17.9. The van der Waals surface area contributed by atoms with E-state index < -0.39 is 10.0 Å². The summed E-state index contributed by atoms with van der Waals surface area (Å²) in [5.41, 5.74) is 3.29. The molecule has 1 atom stereocenters. The fourth-order valence-corrected chi connectivity index (χ4v) is 4.94. The van der Waals surface area contributed by atoms with E-state index in [2.05, 4.69) is 4.72 Å². The number of nitrogens with one attached hydrogen (secondary N) is 1. The molecule has 1 aliphatic carbocycles. The average molecular weight is 359 g/mol. The molecular weight excluding hydrogens is 334 g/mol. The van der Waals surface area contributed by atoms with Crippen LogP contribution in [0.15, 0.2) is 47.4 Å². The Morgan fingerprint density at radius 3 is 2.32 bits per heavy atom. The lowest BCUT2D eigenvalue weighted by Gasteiger charge is -2.22. The number of ether oxygens (including phenoxy) is 1. The van der Waals surface area contributed by atoms with Crippen molar-refractivity contribution in [2.75, 3.05) is 7.11 Å². The van der Waals surface area contributed by atoms with Gasteiger partial charge in [0.15, 0.2) is 0 Å². The molecule has 5 heteroatoms. The summed E-state index contributed by atoms with van der Waals surface area (Å²) in [5, 5.41) is 0. The van der Waals surface area contributed by atoms with E-state index in [1.54, 1.807) is 6.07 Å². The molecule has 25 heavy (non-hydrogen) atoms. The van der Waals surface area contributed by atoms with Crippen LogP contribution in [0.25, 0.3) is 0 Å². The van der Waals surface area contributed by atoms with Crippen LogP contribution in [0.3, 0.4) is 0 Å². The van der Waals surface area contributed by atoms with Gasteiger partial charge < -0.3 is 4.74 Å². The molecule has 0 saturated carbocycles. The highest BCUT2D eigenvalue weighted by atomic mass is 32.2. The first-order valence-corrected chi connectivity index (χ1v) is 10.3. The quantitative estimate of drug-likeness (QED) is 0.848. The van der Waals surface area contributed by atoms with Crippen LogP contribution in [0.4, 0.5) is 0 Å². The van der Waals surface area contributed by atoms with Crippen LogP contribution in [0.2, 0.25) is 0 Å². The van der Waals surface area contributed by atoms with E-state index in [1.165, 1.54) is 12.7 Å². The van der Waals surface area contributed by atoms with E-state index in [4.69, 9.17) is 4.74 Å². The fourth-order valence-electron chi connectivity index (χ4n) is 3.43. The molecule has 0 radical (unpaired) electrons. The van der Waals surface area contributed by atoms with E-state index in [9.17, 15) is 8.42 Å². The SMILES string of the molecule is CCC(NS(=O)(=O)c1cc2c(cc1OC)CCCC2)c1ccccc1. The zero-order valence-electron chi connectivity index (χ0n) is 14.8. The molecule has 0 aliphatic heterocycles. The van der Waals surface area contributed by atoms with Crippen LogP contribution in [-0.2, 0) is 22.9 Å². The summed E-state index contributed by atoms with van der Waals surface area (Å²) in [4.78, 5) is 0.241. The lowest BCUT2D eigenvalue weighted by Crippen LogP contribution is -2.29. The number of fused-ring (bicyclic) bond motifs is 1. The van der Waals surface area contributed by atoms with Gasteiger partial charge in [0, 0.05) is 6.04 Å². The third-order valence-corrected chi connectivity index (χ3v) is 6.32. The van der Waals surface area contributed by atoms with Crippen molar-refractivity contribution in [3.8, 4) is 5.75 Å². The Bertz CT molecular complexity index is 832. The summed E-state index contributed by atoms with van der Waals surface area (Å²) in [6, 6.07) is 13.1. The number of aryl methyl sites for hydroxylation is 2. The first-order chi connectivity index (χ1) is 12.0. The lowest BCUT2D eigenvalue weighted by molar-refractivity contribution is 0.400. The predicted octanol–water partition coefficient (Wildman–Crippen LogP) is 4.00. The maximum Gasteiger partial charge on any atom is 0.244 e. The second-order valence-electron chi connectivity index (χ2n) is 6.47. The molecule has 0 heterocycles. The monoisotopic (exact) mass is 359 g/mol. The van der Waals surface area contributed by atoms with Crippen molar-refractivity contribution in [1.82, 2.24) is 4.72 Å². The Morgan fingerprint density at radius 2 is 1.72 bits per heavy atom. The molecular formula is C20H25NO3S. The molecule has 0 aromatic heterocycles. The Labute approximate surface area is 150 Å². The molecule has 0 spiro atoms. The summed E-state index contributed by atoms with van der Waals surface area (Å²) in [6.07, 6.45) is 4.84. The maximum atomic E-state index is 13.0.